The molecule has 2 aliphatic heterocycles. The highest BCUT2D eigenvalue weighted by Gasteiger charge is 2.35. The van der Waals surface area contributed by atoms with E-state index < -0.39 is 17.9 Å². The quantitative estimate of drug-likeness (QED) is 0.456. The van der Waals surface area contributed by atoms with E-state index in [1.807, 2.05) is 24.3 Å². The normalized spacial score (nSPS) is 19.3. The highest BCUT2D eigenvalue weighted by atomic mass is 32.1. The molecule has 0 fully saturated rings. The maximum Gasteiger partial charge on any atom is 0.338 e. The summed E-state index contributed by atoms with van der Waals surface area (Å²) in [7, 11) is 1.55. The number of nitrogens with zero attached hydrogens (tertiary/aromatic N) is 4. The van der Waals surface area contributed by atoms with Gasteiger partial charge < -0.3 is 9.47 Å². The minimum atomic E-state index is -0.766. The first-order chi connectivity index (χ1) is 18.3. The van der Waals surface area contributed by atoms with Crippen molar-refractivity contribution in [2.75, 3.05) is 18.7 Å². The van der Waals surface area contributed by atoms with Gasteiger partial charge in [0, 0.05) is 0 Å². The number of esters is 1. The van der Waals surface area contributed by atoms with Crippen molar-refractivity contribution < 1.29 is 19.1 Å². The van der Waals surface area contributed by atoms with E-state index in [0.717, 1.165) is 0 Å². The molecular weight excluding hydrogens is 504 g/mol. The number of hydrogen-bond donors (Lipinski definition) is 0. The van der Waals surface area contributed by atoms with Gasteiger partial charge >= 0.3 is 5.97 Å². The van der Waals surface area contributed by atoms with E-state index in [-0.39, 0.29) is 23.6 Å². The van der Waals surface area contributed by atoms with Gasteiger partial charge in [0.1, 0.15) is 11.7 Å². The standard InChI is InChI=1S/C28H26N4O5S/c1-5-37-27(35)23-17(3)29-28-31(24(23)18-10-9-13-20(14-18)36-4)26(34)22(38-28)15-21-16(2)30-32(25(21)33)19-11-7-6-8-12-19/h6-15,21,24H,5H2,1-4H3/b22-15+/t21-,24+/m0/s1. The van der Waals surface area contributed by atoms with Crippen LogP contribution in [-0.4, -0.2) is 35.9 Å². The molecule has 0 bridgehead atoms. The van der Waals surface area contributed by atoms with Crippen LogP contribution in [0.2, 0.25) is 0 Å². The number of carbonyl (C=O) groups is 2. The maximum atomic E-state index is 13.8. The second kappa shape index (κ2) is 10.2. The fourth-order valence-corrected chi connectivity index (χ4v) is 5.67. The van der Waals surface area contributed by atoms with Gasteiger partial charge in [-0.15, -0.1) is 0 Å². The van der Waals surface area contributed by atoms with Crippen molar-refractivity contribution >= 4 is 40.7 Å². The third-order valence-electron chi connectivity index (χ3n) is 6.43. The summed E-state index contributed by atoms with van der Waals surface area (Å²) in [6, 6.07) is 15.6. The first kappa shape index (κ1) is 25.3. The zero-order chi connectivity index (χ0) is 27.0. The Balaban J connectivity index is 1.64. The number of benzene rings is 2. The molecular formula is C28H26N4O5S. The molecule has 1 amide bonds. The number of hydrazone groups is 1. The van der Waals surface area contributed by atoms with E-state index in [2.05, 4.69) is 10.1 Å². The van der Waals surface area contributed by atoms with Crippen LogP contribution in [0.1, 0.15) is 32.4 Å². The van der Waals surface area contributed by atoms with Crippen LogP contribution < -0.4 is 24.6 Å². The summed E-state index contributed by atoms with van der Waals surface area (Å²) in [5.41, 5.74) is 2.31. The van der Waals surface area contributed by atoms with Crippen LogP contribution in [0.4, 0.5) is 5.69 Å². The summed E-state index contributed by atoms with van der Waals surface area (Å²) in [6.07, 6.45) is 1.64. The lowest BCUT2D eigenvalue weighted by Gasteiger charge is -2.25. The lowest BCUT2D eigenvalue weighted by atomic mass is 9.95. The number of hydrogen-bond acceptors (Lipinski definition) is 8. The van der Waals surface area contributed by atoms with Crippen LogP contribution in [0.15, 0.2) is 80.8 Å². The fourth-order valence-electron chi connectivity index (χ4n) is 4.61. The van der Waals surface area contributed by atoms with E-state index >= 15 is 0 Å². The Morgan fingerprint density at radius 1 is 1.11 bits per heavy atom. The van der Waals surface area contributed by atoms with E-state index in [9.17, 15) is 14.4 Å². The molecule has 0 unspecified atom stereocenters. The van der Waals surface area contributed by atoms with Gasteiger partial charge in [-0.25, -0.2) is 9.79 Å². The largest absolute Gasteiger partial charge is 0.497 e. The number of carbonyl (C=O) groups excluding carboxylic acids is 2. The second-order valence-corrected chi connectivity index (χ2v) is 9.81. The highest BCUT2D eigenvalue weighted by molar-refractivity contribution is 7.07. The summed E-state index contributed by atoms with van der Waals surface area (Å²) < 4.78 is 12.6. The van der Waals surface area contributed by atoms with Gasteiger partial charge in [-0.05, 0) is 56.7 Å². The molecule has 2 aliphatic rings. The lowest BCUT2D eigenvalue weighted by Crippen LogP contribution is -2.40. The molecule has 0 saturated carbocycles. The molecule has 38 heavy (non-hydrogen) atoms. The number of para-hydroxylation sites is 1. The number of amides is 1. The summed E-state index contributed by atoms with van der Waals surface area (Å²) >= 11 is 1.17. The zero-order valence-corrected chi connectivity index (χ0v) is 22.2. The summed E-state index contributed by atoms with van der Waals surface area (Å²) in [5.74, 6) is -0.889. The Morgan fingerprint density at radius 3 is 2.58 bits per heavy atom. The second-order valence-electron chi connectivity index (χ2n) is 8.81. The SMILES string of the molecule is CCOC(=O)C1=C(C)N=c2s/c(=C/[C@@H]3C(=O)N(c4ccccc4)N=C3C)c(=O)n2[C@@H]1c1cccc(OC)c1. The molecule has 0 spiro atoms. The van der Waals surface area contributed by atoms with Crippen molar-refractivity contribution in [1.29, 1.82) is 0 Å². The number of rotatable bonds is 6. The van der Waals surface area contributed by atoms with Gasteiger partial charge in [-0.3, -0.25) is 14.2 Å². The van der Waals surface area contributed by atoms with Gasteiger partial charge in [0.05, 0.1) is 47.0 Å². The summed E-state index contributed by atoms with van der Waals surface area (Å²) in [6.45, 7) is 5.41. The first-order valence-electron chi connectivity index (χ1n) is 12.1. The molecule has 5 rings (SSSR count). The molecule has 3 heterocycles. The zero-order valence-electron chi connectivity index (χ0n) is 21.4. The predicted molar refractivity (Wildman–Crippen MR) is 145 cm³/mol. The van der Waals surface area contributed by atoms with Gasteiger partial charge in [-0.2, -0.15) is 10.1 Å². The van der Waals surface area contributed by atoms with Crippen LogP contribution in [0.3, 0.4) is 0 Å². The van der Waals surface area contributed by atoms with Crippen molar-refractivity contribution in [2.24, 2.45) is 16.0 Å². The Kier molecular flexibility index (Phi) is 6.81. The maximum absolute atomic E-state index is 13.8. The number of aromatic nitrogens is 1. The Labute approximate surface area is 222 Å². The number of methoxy groups -OCH3 is 1. The molecule has 9 nitrogen and oxygen atoms in total. The van der Waals surface area contributed by atoms with Crippen molar-refractivity contribution in [3.63, 3.8) is 0 Å². The molecule has 0 aliphatic carbocycles. The molecule has 194 valence electrons. The molecule has 10 heteroatoms. The minimum Gasteiger partial charge on any atom is -0.497 e. The molecule has 1 aromatic heterocycles. The molecule has 2 atom stereocenters. The van der Waals surface area contributed by atoms with Gasteiger partial charge in [-0.1, -0.05) is 41.7 Å². The first-order valence-corrected chi connectivity index (χ1v) is 12.9. The topological polar surface area (TPSA) is 103 Å². The minimum absolute atomic E-state index is 0.186. The monoisotopic (exact) mass is 530 g/mol. The number of anilines is 1. The Morgan fingerprint density at radius 2 is 1.87 bits per heavy atom. The van der Waals surface area contributed by atoms with Crippen molar-refractivity contribution in [3.05, 3.63) is 91.1 Å². The summed E-state index contributed by atoms with van der Waals surface area (Å²) in [5, 5.41) is 5.79. The van der Waals surface area contributed by atoms with Crippen molar-refractivity contribution in [1.82, 2.24) is 4.57 Å². The molecule has 2 aromatic carbocycles. The van der Waals surface area contributed by atoms with E-state index in [4.69, 9.17) is 9.47 Å². The van der Waals surface area contributed by atoms with E-state index in [1.165, 1.54) is 20.9 Å². The highest BCUT2D eigenvalue weighted by Crippen LogP contribution is 2.32. The Bertz CT molecular complexity index is 1670. The van der Waals surface area contributed by atoms with Crippen molar-refractivity contribution in [2.45, 2.75) is 26.8 Å². The third-order valence-corrected chi connectivity index (χ3v) is 7.43. The van der Waals surface area contributed by atoms with Crippen LogP contribution in [0.25, 0.3) is 6.08 Å². The molecule has 0 radical (unpaired) electrons. The van der Waals surface area contributed by atoms with Crippen molar-refractivity contribution in [3.8, 4) is 5.75 Å². The average molecular weight is 531 g/mol. The smallest absolute Gasteiger partial charge is 0.338 e. The van der Waals surface area contributed by atoms with Gasteiger partial charge in [0.25, 0.3) is 11.5 Å². The molecule has 0 saturated heterocycles. The van der Waals surface area contributed by atoms with Crippen LogP contribution in [0, 0.1) is 5.92 Å². The number of allylic oxidation sites excluding steroid dienone is 1. The lowest BCUT2D eigenvalue weighted by molar-refractivity contribution is -0.139. The molecule has 0 N–H and O–H groups in total. The van der Waals surface area contributed by atoms with E-state index in [0.29, 0.717) is 37.7 Å². The number of thiazole rings is 1. The number of fused-ring (bicyclic) bond motifs is 1. The summed E-state index contributed by atoms with van der Waals surface area (Å²) in [4.78, 5) is 45.2. The van der Waals surface area contributed by atoms with Crippen LogP contribution in [0.5, 0.6) is 5.75 Å². The van der Waals surface area contributed by atoms with E-state index in [1.54, 1.807) is 64.3 Å². The third kappa shape index (κ3) is 4.37. The van der Waals surface area contributed by atoms with Gasteiger partial charge in [0.2, 0.25) is 0 Å². The van der Waals surface area contributed by atoms with Crippen LogP contribution in [-0.2, 0) is 14.3 Å². The predicted octanol–water partition coefficient (Wildman–Crippen LogP) is 2.80. The number of ether oxygens (including phenoxy) is 2. The van der Waals surface area contributed by atoms with Crippen LogP contribution >= 0.6 is 11.3 Å². The molecule has 3 aromatic rings. The Hall–Kier alpha value is -4.31. The average Bonchev–Trinajstić information content (AvgIpc) is 3.38. The fraction of sp³-hybridized carbons (Fsp3) is 0.250. The van der Waals surface area contributed by atoms with Gasteiger partial charge in [0.15, 0.2) is 4.80 Å².